The number of carbonyl (C=O) groups excluding carboxylic acids is 2. The number of rotatable bonds is 2. The Morgan fingerprint density at radius 2 is 1.52 bits per heavy atom. The molecular formula is C17H20N2O2. The molecule has 21 heavy (non-hydrogen) atoms. The van der Waals surface area contributed by atoms with Crippen LogP contribution in [0, 0.1) is 0 Å². The Labute approximate surface area is 124 Å². The van der Waals surface area contributed by atoms with Crippen molar-refractivity contribution < 1.29 is 9.59 Å². The molecule has 4 heteroatoms. The smallest absolute Gasteiger partial charge is 0.263 e. The molecule has 3 aliphatic rings. The summed E-state index contributed by atoms with van der Waals surface area (Å²) in [6.07, 6.45) is 5.84. The van der Waals surface area contributed by atoms with Crippen molar-refractivity contribution in [2.45, 2.75) is 56.5 Å². The molecule has 1 spiro atoms. The first-order valence-corrected chi connectivity index (χ1v) is 7.93. The van der Waals surface area contributed by atoms with Crippen LogP contribution in [0.3, 0.4) is 0 Å². The molecule has 2 amide bonds. The van der Waals surface area contributed by atoms with Crippen molar-refractivity contribution in [2.75, 3.05) is 0 Å². The third-order valence-corrected chi connectivity index (χ3v) is 5.52. The fourth-order valence-electron chi connectivity index (χ4n) is 4.31. The van der Waals surface area contributed by atoms with Crippen molar-refractivity contribution in [3.8, 4) is 0 Å². The zero-order chi connectivity index (χ0) is 14.7. The molecule has 4 nitrogen and oxygen atoms in total. The molecule has 0 bridgehead atoms. The predicted molar refractivity (Wildman–Crippen MR) is 77.9 cm³/mol. The standard InChI is InChI=1S/C17H20N2O2/c1-2-17(13-9-5-3-6-10-13)14(20)18-16(19(18)15(17)21)11-7-4-8-12-16/h3,5-6,9-10H,2,4,7-8,11-12H2,1H3. The third kappa shape index (κ3) is 1.36. The highest BCUT2D eigenvalue weighted by atomic mass is 16.2. The van der Waals surface area contributed by atoms with Crippen molar-refractivity contribution in [1.82, 2.24) is 10.0 Å². The van der Waals surface area contributed by atoms with E-state index in [0.29, 0.717) is 6.42 Å². The lowest BCUT2D eigenvalue weighted by molar-refractivity contribution is -0.137. The van der Waals surface area contributed by atoms with Crippen LogP contribution in [0.2, 0.25) is 0 Å². The van der Waals surface area contributed by atoms with Gasteiger partial charge in [-0.25, -0.2) is 10.0 Å². The maximum atomic E-state index is 13.0. The van der Waals surface area contributed by atoms with Gasteiger partial charge < -0.3 is 0 Å². The number of hydrogen-bond donors (Lipinski definition) is 0. The molecule has 0 atom stereocenters. The number of nitrogens with zero attached hydrogens (tertiary/aromatic N) is 2. The number of amides is 2. The van der Waals surface area contributed by atoms with Gasteiger partial charge in [-0.2, -0.15) is 0 Å². The van der Waals surface area contributed by atoms with E-state index >= 15 is 0 Å². The van der Waals surface area contributed by atoms with E-state index in [-0.39, 0.29) is 17.5 Å². The van der Waals surface area contributed by atoms with Gasteiger partial charge in [0.05, 0.1) is 0 Å². The van der Waals surface area contributed by atoms with Gasteiger partial charge in [-0.05, 0) is 37.7 Å². The molecule has 2 saturated heterocycles. The lowest BCUT2D eigenvalue weighted by Crippen LogP contribution is -2.48. The summed E-state index contributed by atoms with van der Waals surface area (Å²) in [6.45, 7) is 1.93. The maximum Gasteiger partial charge on any atom is 0.263 e. The highest BCUT2D eigenvalue weighted by Gasteiger charge is 2.77. The first kappa shape index (κ1) is 12.9. The molecule has 2 aliphatic heterocycles. The average Bonchev–Trinajstić information content (AvgIpc) is 3.08. The minimum Gasteiger partial charge on any atom is -0.271 e. The molecule has 1 aromatic carbocycles. The average molecular weight is 284 g/mol. The van der Waals surface area contributed by atoms with Crippen LogP contribution in [0.4, 0.5) is 0 Å². The minimum atomic E-state index is -0.982. The topological polar surface area (TPSA) is 40.2 Å². The zero-order valence-electron chi connectivity index (χ0n) is 12.3. The Hall–Kier alpha value is -1.84. The van der Waals surface area contributed by atoms with E-state index < -0.39 is 5.41 Å². The Balaban J connectivity index is 1.75. The van der Waals surface area contributed by atoms with Crippen molar-refractivity contribution in [1.29, 1.82) is 0 Å². The van der Waals surface area contributed by atoms with Crippen molar-refractivity contribution in [2.24, 2.45) is 0 Å². The minimum absolute atomic E-state index is 0.0110. The van der Waals surface area contributed by atoms with Crippen molar-refractivity contribution in [3.05, 3.63) is 35.9 Å². The van der Waals surface area contributed by atoms with Gasteiger partial charge in [-0.1, -0.05) is 43.7 Å². The van der Waals surface area contributed by atoms with Crippen LogP contribution < -0.4 is 0 Å². The molecule has 2 heterocycles. The first-order valence-electron chi connectivity index (χ1n) is 7.93. The van der Waals surface area contributed by atoms with Crippen LogP contribution >= 0.6 is 0 Å². The van der Waals surface area contributed by atoms with Crippen molar-refractivity contribution >= 4 is 11.8 Å². The number of benzene rings is 1. The van der Waals surface area contributed by atoms with Crippen LogP contribution in [-0.4, -0.2) is 27.5 Å². The second kappa shape index (κ2) is 4.09. The lowest BCUT2D eigenvalue weighted by atomic mass is 9.75. The summed E-state index contributed by atoms with van der Waals surface area (Å²) in [5.74, 6) is -0.0220. The van der Waals surface area contributed by atoms with Crippen LogP contribution in [-0.2, 0) is 15.0 Å². The molecule has 3 fully saturated rings. The quantitative estimate of drug-likeness (QED) is 0.618. The predicted octanol–water partition coefficient (Wildman–Crippen LogP) is 2.59. The van der Waals surface area contributed by atoms with E-state index in [2.05, 4.69) is 0 Å². The Morgan fingerprint density at radius 3 is 2.05 bits per heavy atom. The van der Waals surface area contributed by atoms with Gasteiger partial charge in [0, 0.05) is 0 Å². The van der Waals surface area contributed by atoms with E-state index in [1.54, 1.807) is 10.0 Å². The maximum absolute atomic E-state index is 13.0. The second-order valence-electron chi connectivity index (χ2n) is 6.40. The van der Waals surface area contributed by atoms with Crippen molar-refractivity contribution in [3.63, 3.8) is 0 Å². The zero-order valence-corrected chi connectivity index (χ0v) is 12.3. The van der Waals surface area contributed by atoms with Gasteiger partial charge in [0.25, 0.3) is 11.8 Å². The van der Waals surface area contributed by atoms with E-state index in [4.69, 9.17) is 0 Å². The molecule has 4 rings (SSSR count). The van der Waals surface area contributed by atoms with Gasteiger partial charge in [0.1, 0.15) is 0 Å². The molecule has 0 aromatic heterocycles. The third-order valence-electron chi connectivity index (χ3n) is 5.52. The van der Waals surface area contributed by atoms with Crippen LogP contribution in [0.1, 0.15) is 51.0 Å². The number of hydrogen-bond acceptors (Lipinski definition) is 2. The number of hydrazine groups is 1. The van der Waals surface area contributed by atoms with Gasteiger partial charge in [-0.15, -0.1) is 0 Å². The second-order valence-corrected chi connectivity index (χ2v) is 6.40. The lowest BCUT2D eigenvalue weighted by Gasteiger charge is -2.30. The Bertz CT molecular complexity index is 580. The Morgan fingerprint density at radius 1 is 0.952 bits per heavy atom. The summed E-state index contributed by atoms with van der Waals surface area (Å²) in [5.41, 5.74) is -0.412. The summed E-state index contributed by atoms with van der Waals surface area (Å²) in [6, 6.07) is 9.52. The van der Waals surface area contributed by atoms with Crippen LogP contribution in [0.25, 0.3) is 0 Å². The van der Waals surface area contributed by atoms with Gasteiger partial charge in [0.15, 0.2) is 11.1 Å². The van der Waals surface area contributed by atoms with Gasteiger partial charge in [-0.3, -0.25) is 9.59 Å². The normalized spacial score (nSPS) is 25.4. The summed E-state index contributed by atoms with van der Waals surface area (Å²) in [4.78, 5) is 26.1. The summed E-state index contributed by atoms with van der Waals surface area (Å²) >= 11 is 0. The van der Waals surface area contributed by atoms with Gasteiger partial charge in [0.2, 0.25) is 0 Å². The monoisotopic (exact) mass is 284 g/mol. The molecule has 1 saturated carbocycles. The van der Waals surface area contributed by atoms with Crippen LogP contribution in [0.5, 0.6) is 0 Å². The summed E-state index contributed by atoms with van der Waals surface area (Å²) in [7, 11) is 0. The molecule has 0 N–H and O–H groups in total. The van der Waals surface area contributed by atoms with E-state index in [9.17, 15) is 9.59 Å². The number of fused-ring (bicyclic) bond motifs is 3. The molecule has 0 radical (unpaired) electrons. The highest BCUT2D eigenvalue weighted by Crippen LogP contribution is 2.58. The van der Waals surface area contributed by atoms with E-state index in [1.807, 2.05) is 37.3 Å². The molecule has 1 aromatic rings. The summed E-state index contributed by atoms with van der Waals surface area (Å²) in [5, 5.41) is 3.54. The molecule has 0 unspecified atom stereocenters. The SMILES string of the molecule is CCC1(c2ccccc2)C(=O)N2N(C1=O)C21CCCCC1. The fourth-order valence-corrected chi connectivity index (χ4v) is 4.31. The van der Waals surface area contributed by atoms with Gasteiger partial charge >= 0.3 is 0 Å². The summed E-state index contributed by atoms with van der Waals surface area (Å²) < 4.78 is 0. The molecular weight excluding hydrogens is 264 g/mol. The largest absolute Gasteiger partial charge is 0.271 e. The fraction of sp³-hybridized carbons (Fsp3) is 0.529. The van der Waals surface area contributed by atoms with E-state index in [0.717, 1.165) is 31.2 Å². The number of carbonyl (C=O) groups is 2. The Kier molecular flexibility index (Phi) is 2.51. The van der Waals surface area contributed by atoms with Crippen LogP contribution in [0.15, 0.2) is 30.3 Å². The highest BCUT2D eigenvalue weighted by molar-refractivity contribution is 6.18. The molecule has 1 aliphatic carbocycles. The molecule has 110 valence electrons. The van der Waals surface area contributed by atoms with E-state index in [1.165, 1.54) is 6.42 Å². The first-order chi connectivity index (χ1) is 10.2.